The van der Waals surface area contributed by atoms with Crippen LogP contribution >= 0.6 is 0 Å². The van der Waals surface area contributed by atoms with Crippen LogP contribution in [-0.2, 0) is 9.59 Å². The molecule has 1 atom stereocenters. The zero-order chi connectivity index (χ0) is 20.7. The Kier molecular flexibility index (Phi) is 4.59. The van der Waals surface area contributed by atoms with Crippen molar-refractivity contribution in [2.75, 3.05) is 4.90 Å². The van der Waals surface area contributed by atoms with Gasteiger partial charge < -0.3 is 9.52 Å². The molecule has 5 nitrogen and oxygen atoms in total. The summed E-state index contributed by atoms with van der Waals surface area (Å²) in [6.07, 6.45) is 1.49. The molecular formula is C24H21NO4. The maximum absolute atomic E-state index is 13.0. The molecule has 4 rings (SSSR count). The number of aliphatic hydroxyl groups is 1. The quantitative estimate of drug-likeness (QED) is 0.397. The van der Waals surface area contributed by atoms with Crippen LogP contribution in [0, 0.1) is 20.8 Å². The molecule has 0 spiro atoms. The highest BCUT2D eigenvalue weighted by atomic mass is 16.3. The Labute approximate surface area is 168 Å². The smallest absolute Gasteiger partial charge is 0.300 e. The first-order chi connectivity index (χ1) is 13.9. The van der Waals surface area contributed by atoms with Crippen molar-refractivity contribution in [3.8, 4) is 0 Å². The minimum absolute atomic E-state index is 0.0220. The molecule has 0 bridgehead atoms. The first-order valence-electron chi connectivity index (χ1n) is 9.37. The third-order valence-corrected chi connectivity index (χ3v) is 5.35. The number of anilines is 1. The lowest BCUT2D eigenvalue weighted by Crippen LogP contribution is -2.29. The van der Waals surface area contributed by atoms with Gasteiger partial charge in [0.2, 0.25) is 0 Å². The van der Waals surface area contributed by atoms with E-state index in [1.165, 1.54) is 11.2 Å². The van der Waals surface area contributed by atoms with E-state index in [1.807, 2.05) is 45.0 Å². The molecule has 1 fully saturated rings. The summed E-state index contributed by atoms with van der Waals surface area (Å²) < 4.78 is 5.56. The SMILES string of the molecule is Cc1ccc(N2C(=O)C(=O)/C(=C(\O)c3ccc(C)c(C)c3)C2c2ccco2)cc1. The fourth-order valence-electron chi connectivity index (χ4n) is 3.56. The van der Waals surface area contributed by atoms with Crippen LogP contribution in [0.25, 0.3) is 5.76 Å². The van der Waals surface area contributed by atoms with Gasteiger partial charge in [-0.05, 0) is 62.2 Å². The zero-order valence-corrected chi connectivity index (χ0v) is 16.5. The average Bonchev–Trinajstić information content (AvgIpc) is 3.32. The molecular weight excluding hydrogens is 366 g/mol. The molecule has 0 saturated carbocycles. The van der Waals surface area contributed by atoms with Gasteiger partial charge in [0, 0.05) is 11.3 Å². The van der Waals surface area contributed by atoms with Gasteiger partial charge in [-0.25, -0.2) is 0 Å². The van der Waals surface area contributed by atoms with Crippen molar-refractivity contribution in [3.63, 3.8) is 0 Å². The molecule has 0 radical (unpaired) electrons. The second kappa shape index (κ2) is 7.09. The molecule has 1 aliphatic heterocycles. The molecule has 2 heterocycles. The van der Waals surface area contributed by atoms with Crippen LogP contribution in [-0.4, -0.2) is 16.8 Å². The van der Waals surface area contributed by atoms with E-state index in [4.69, 9.17) is 4.42 Å². The number of aryl methyl sites for hydroxylation is 3. The fraction of sp³-hybridized carbons (Fsp3) is 0.167. The van der Waals surface area contributed by atoms with Crippen molar-refractivity contribution in [3.05, 3.63) is 94.4 Å². The summed E-state index contributed by atoms with van der Waals surface area (Å²) >= 11 is 0. The molecule has 2 aromatic carbocycles. The van der Waals surface area contributed by atoms with Crippen LogP contribution in [0.1, 0.15) is 34.1 Å². The van der Waals surface area contributed by atoms with Gasteiger partial charge in [0.25, 0.3) is 11.7 Å². The van der Waals surface area contributed by atoms with Crippen molar-refractivity contribution in [2.24, 2.45) is 0 Å². The number of benzene rings is 2. The van der Waals surface area contributed by atoms with Gasteiger partial charge in [0.15, 0.2) is 0 Å². The van der Waals surface area contributed by atoms with E-state index < -0.39 is 17.7 Å². The fourth-order valence-corrected chi connectivity index (χ4v) is 3.56. The molecule has 1 unspecified atom stereocenters. The lowest BCUT2D eigenvalue weighted by Gasteiger charge is -2.23. The van der Waals surface area contributed by atoms with Crippen LogP contribution in [0.15, 0.2) is 70.9 Å². The maximum atomic E-state index is 13.0. The van der Waals surface area contributed by atoms with Crippen LogP contribution in [0.5, 0.6) is 0 Å². The van der Waals surface area contributed by atoms with Crippen molar-refractivity contribution in [2.45, 2.75) is 26.8 Å². The number of amides is 1. The summed E-state index contributed by atoms with van der Waals surface area (Å²) in [6.45, 7) is 5.85. The van der Waals surface area contributed by atoms with Crippen molar-refractivity contribution in [1.82, 2.24) is 0 Å². The number of hydrogen-bond acceptors (Lipinski definition) is 4. The largest absolute Gasteiger partial charge is 0.507 e. The molecule has 1 aromatic heterocycles. The maximum Gasteiger partial charge on any atom is 0.300 e. The number of hydrogen-bond donors (Lipinski definition) is 1. The van der Waals surface area contributed by atoms with Crippen LogP contribution < -0.4 is 4.90 Å². The van der Waals surface area contributed by atoms with Gasteiger partial charge in [0.1, 0.15) is 17.6 Å². The summed E-state index contributed by atoms with van der Waals surface area (Å²) in [5, 5.41) is 11.0. The second-order valence-corrected chi connectivity index (χ2v) is 7.32. The Morgan fingerprint density at radius 1 is 0.966 bits per heavy atom. The number of furan rings is 1. The topological polar surface area (TPSA) is 70.8 Å². The Morgan fingerprint density at radius 2 is 1.69 bits per heavy atom. The number of aliphatic hydroxyl groups excluding tert-OH is 1. The first-order valence-corrected chi connectivity index (χ1v) is 9.37. The molecule has 29 heavy (non-hydrogen) atoms. The molecule has 0 aliphatic carbocycles. The van der Waals surface area contributed by atoms with Gasteiger partial charge in [-0.3, -0.25) is 14.5 Å². The number of nitrogens with zero attached hydrogens (tertiary/aromatic N) is 1. The third kappa shape index (κ3) is 3.14. The highest BCUT2D eigenvalue weighted by Gasteiger charge is 2.48. The monoisotopic (exact) mass is 387 g/mol. The highest BCUT2D eigenvalue weighted by molar-refractivity contribution is 6.51. The van der Waals surface area contributed by atoms with Gasteiger partial charge in [-0.2, -0.15) is 0 Å². The molecule has 146 valence electrons. The van der Waals surface area contributed by atoms with Crippen LogP contribution in [0.4, 0.5) is 5.69 Å². The normalized spacial score (nSPS) is 18.4. The number of carbonyl (C=O) groups is 2. The van der Waals surface area contributed by atoms with Crippen molar-refractivity contribution >= 4 is 23.1 Å². The lowest BCUT2D eigenvalue weighted by molar-refractivity contribution is -0.132. The number of carbonyl (C=O) groups excluding carboxylic acids is 2. The van der Waals surface area contributed by atoms with E-state index in [0.29, 0.717) is 17.0 Å². The molecule has 3 aromatic rings. The minimum atomic E-state index is -0.839. The highest BCUT2D eigenvalue weighted by Crippen LogP contribution is 2.42. The average molecular weight is 387 g/mol. The zero-order valence-electron chi connectivity index (χ0n) is 16.5. The Morgan fingerprint density at radius 3 is 2.31 bits per heavy atom. The molecule has 5 heteroatoms. The van der Waals surface area contributed by atoms with E-state index in [9.17, 15) is 14.7 Å². The van der Waals surface area contributed by atoms with Gasteiger partial charge in [0.05, 0.1) is 11.8 Å². The Hall–Kier alpha value is -3.60. The first kappa shape index (κ1) is 18.7. The number of rotatable bonds is 3. The predicted octanol–water partition coefficient (Wildman–Crippen LogP) is 4.83. The summed E-state index contributed by atoms with van der Waals surface area (Å²) in [6, 6.07) is 15.3. The molecule has 1 amide bonds. The van der Waals surface area contributed by atoms with Gasteiger partial charge in [-0.1, -0.05) is 29.8 Å². The van der Waals surface area contributed by atoms with E-state index in [0.717, 1.165) is 16.7 Å². The van der Waals surface area contributed by atoms with E-state index >= 15 is 0 Å². The second-order valence-electron chi connectivity index (χ2n) is 7.32. The molecule has 1 aliphatic rings. The van der Waals surface area contributed by atoms with Gasteiger partial charge >= 0.3 is 0 Å². The molecule has 1 N–H and O–H groups in total. The number of ketones is 1. The summed E-state index contributed by atoms with van der Waals surface area (Å²) in [4.78, 5) is 27.3. The van der Waals surface area contributed by atoms with E-state index in [2.05, 4.69) is 0 Å². The van der Waals surface area contributed by atoms with Crippen LogP contribution in [0.2, 0.25) is 0 Å². The Bertz CT molecular complexity index is 1120. The lowest BCUT2D eigenvalue weighted by atomic mass is 9.97. The standard InChI is InChI=1S/C24H21NO4/c1-14-6-10-18(11-7-14)25-21(19-5-4-12-29-19)20(23(27)24(25)28)22(26)17-9-8-15(2)16(3)13-17/h4-13,21,26H,1-3H3/b22-20-. The summed E-state index contributed by atoms with van der Waals surface area (Å²) in [5.41, 5.74) is 4.18. The van der Waals surface area contributed by atoms with Crippen molar-refractivity contribution < 1.29 is 19.1 Å². The minimum Gasteiger partial charge on any atom is -0.507 e. The Balaban J connectivity index is 1.92. The van der Waals surface area contributed by atoms with Crippen molar-refractivity contribution in [1.29, 1.82) is 0 Å². The third-order valence-electron chi connectivity index (χ3n) is 5.35. The summed E-state index contributed by atoms with van der Waals surface area (Å²) in [5.74, 6) is -1.22. The number of Topliss-reactive ketones (excluding diaryl/α,β-unsaturated/α-hetero) is 1. The van der Waals surface area contributed by atoms with E-state index in [1.54, 1.807) is 30.3 Å². The van der Waals surface area contributed by atoms with E-state index in [-0.39, 0.29) is 11.3 Å². The molecule has 1 saturated heterocycles. The predicted molar refractivity (Wildman–Crippen MR) is 111 cm³/mol. The van der Waals surface area contributed by atoms with Gasteiger partial charge in [-0.15, -0.1) is 0 Å². The summed E-state index contributed by atoms with van der Waals surface area (Å²) in [7, 11) is 0. The van der Waals surface area contributed by atoms with Crippen LogP contribution in [0.3, 0.4) is 0 Å².